The highest BCUT2D eigenvalue weighted by molar-refractivity contribution is 5.69. The molecule has 0 aliphatic carbocycles. The zero-order chi connectivity index (χ0) is 13.8. The summed E-state index contributed by atoms with van der Waals surface area (Å²) in [5.74, 6) is -0.507. The molecule has 2 N–H and O–H groups in total. The lowest BCUT2D eigenvalue weighted by Crippen LogP contribution is -2.36. The maximum absolute atomic E-state index is 11.4. The van der Waals surface area contributed by atoms with E-state index in [9.17, 15) is 9.59 Å². The van der Waals surface area contributed by atoms with E-state index in [1.54, 1.807) is 0 Å². The Morgan fingerprint density at radius 3 is 2.67 bits per heavy atom. The highest BCUT2D eigenvalue weighted by Gasteiger charge is 2.25. The molecule has 1 atom stereocenters. The first-order valence-corrected chi connectivity index (χ1v) is 6.17. The summed E-state index contributed by atoms with van der Waals surface area (Å²) in [4.78, 5) is 23.9. The number of rotatable bonds is 4. The smallest absolute Gasteiger partial charge is 0.407 e. The molecule has 104 valence electrons. The van der Waals surface area contributed by atoms with Crippen LogP contribution in [0.1, 0.15) is 27.2 Å². The molecule has 1 heterocycles. The van der Waals surface area contributed by atoms with Crippen molar-refractivity contribution in [3.63, 3.8) is 0 Å². The van der Waals surface area contributed by atoms with E-state index < -0.39 is 17.7 Å². The molecule has 0 spiro atoms. The summed E-state index contributed by atoms with van der Waals surface area (Å²) in [6.45, 7) is 7.53. The monoisotopic (exact) mass is 258 g/mol. The lowest BCUT2D eigenvalue weighted by atomic mass is 10.1. The van der Waals surface area contributed by atoms with Gasteiger partial charge in [-0.3, -0.25) is 9.69 Å². The molecule has 0 saturated carbocycles. The highest BCUT2D eigenvalue weighted by atomic mass is 16.6. The average Bonchev–Trinajstić information content (AvgIpc) is 2.59. The molecule has 0 aromatic rings. The number of carbonyl (C=O) groups excluding carboxylic acids is 1. The number of carboxylic acids is 1. The topological polar surface area (TPSA) is 78.9 Å². The van der Waals surface area contributed by atoms with Crippen LogP contribution in [-0.4, -0.2) is 53.8 Å². The molecular weight excluding hydrogens is 236 g/mol. The van der Waals surface area contributed by atoms with Crippen LogP contribution in [0, 0.1) is 5.92 Å². The summed E-state index contributed by atoms with van der Waals surface area (Å²) >= 11 is 0. The molecular formula is C12H22N2O4. The number of aliphatic carboxylic acids is 1. The summed E-state index contributed by atoms with van der Waals surface area (Å²) in [6.07, 6.45) is 0.488. The first kappa shape index (κ1) is 14.8. The Morgan fingerprint density at radius 2 is 2.11 bits per heavy atom. The summed E-state index contributed by atoms with van der Waals surface area (Å²) in [6, 6.07) is 0. The van der Waals surface area contributed by atoms with Crippen molar-refractivity contribution >= 4 is 12.1 Å². The number of nitrogens with zero attached hydrogens (tertiary/aromatic N) is 1. The number of carbonyl (C=O) groups is 2. The van der Waals surface area contributed by atoms with Crippen LogP contribution in [0.3, 0.4) is 0 Å². The number of amides is 1. The number of carboxylic acid groups (broad SMARTS) is 1. The fourth-order valence-electron chi connectivity index (χ4n) is 1.96. The van der Waals surface area contributed by atoms with Crippen LogP contribution >= 0.6 is 0 Å². The molecule has 0 bridgehead atoms. The van der Waals surface area contributed by atoms with Crippen LogP contribution in [0.25, 0.3) is 0 Å². The van der Waals surface area contributed by atoms with Gasteiger partial charge in [-0.2, -0.15) is 0 Å². The van der Waals surface area contributed by atoms with Crippen molar-refractivity contribution in [3.05, 3.63) is 0 Å². The minimum Gasteiger partial charge on any atom is -0.480 e. The number of hydrogen-bond donors (Lipinski definition) is 2. The lowest BCUT2D eigenvalue weighted by molar-refractivity contribution is -0.138. The summed E-state index contributed by atoms with van der Waals surface area (Å²) < 4.78 is 5.13. The number of ether oxygens (including phenoxy) is 1. The first-order valence-electron chi connectivity index (χ1n) is 6.17. The Hall–Kier alpha value is -1.30. The zero-order valence-corrected chi connectivity index (χ0v) is 11.2. The van der Waals surface area contributed by atoms with Crippen LogP contribution in [0.5, 0.6) is 0 Å². The van der Waals surface area contributed by atoms with Gasteiger partial charge in [-0.15, -0.1) is 0 Å². The van der Waals surface area contributed by atoms with E-state index in [1.165, 1.54) is 0 Å². The van der Waals surface area contributed by atoms with Crippen LogP contribution < -0.4 is 5.32 Å². The number of likely N-dealkylation sites (tertiary alicyclic amines) is 1. The van der Waals surface area contributed by atoms with Crippen molar-refractivity contribution in [1.29, 1.82) is 0 Å². The molecule has 0 radical (unpaired) electrons. The molecule has 1 fully saturated rings. The third-order valence-corrected chi connectivity index (χ3v) is 2.66. The van der Waals surface area contributed by atoms with Gasteiger partial charge in [0.2, 0.25) is 0 Å². The molecule has 0 aromatic heterocycles. The Balaban J connectivity index is 2.21. The Kier molecular flexibility index (Phi) is 4.95. The predicted molar refractivity (Wildman–Crippen MR) is 66.4 cm³/mol. The molecule has 0 unspecified atom stereocenters. The molecule has 1 saturated heterocycles. The second-order valence-electron chi connectivity index (χ2n) is 5.67. The average molecular weight is 258 g/mol. The van der Waals surface area contributed by atoms with Crippen molar-refractivity contribution < 1.29 is 19.4 Å². The van der Waals surface area contributed by atoms with Crippen molar-refractivity contribution in [2.45, 2.75) is 32.8 Å². The SMILES string of the molecule is CC(C)(C)OC(=O)NC[C@@H]1CCN(CC(=O)O)C1. The van der Waals surface area contributed by atoms with Gasteiger partial charge >= 0.3 is 12.1 Å². The molecule has 6 nitrogen and oxygen atoms in total. The van der Waals surface area contributed by atoms with Gasteiger partial charge in [0.1, 0.15) is 5.60 Å². The number of nitrogens with one attached hydrogen (secondary N) is 1. The predicted octanol–water partition coefficient (Wildman–Crippen LogP) is 0.918. The summed E-state index contributed by atoms with van der Waals surface area (Å²) in [5.41, 5.74) is -0.491. The van der Waals surface area contributed by atoms with Gasteiger partial charge in [-0.25, -0.2) is 4.79 Å². The second-order valence-corrected chi connectivity index (χ2v) is 5.67. The quantitative estimate of drug-likeness (QED) is 0.784. The minimum atomic E-state index is -0.809. The Bertz CT molecular complexity index is 312. The van der Waals surface area contributed by atoms with Gasteiger partial charge in [-0.1, -0.05) is 0 Å². The Morgan fingerprint density at radius 1 is 1.44 bits per heavy atom. The van der Waals surface area contributed by atoms with Gasteiger partial charge in [0.05, 0.1) is 6.54 Å². The maximum Gasteiger partial charge on any atom is 0.407 e. The molecule has 1 aliphatic heterocycles. The maximum atomic E-state index is 11.4. The van der Waals surface area contributed by atoms with Gasteiger partial charge < -0.3 is 15.2 Å². The van der Waals surface area contributed by atoms with Gasteiger partial charge in [0, 0.05) is 13.1 Å². The van der Waals surface area contributed by atoms with E-state index in [-0.39, 0.29) is 6.54 Å². The first-order chi connectivity index (χ1) is 8.26. The van der Waals surface area contributed by atoms with Crippen LogP contribution in [-0.2, 0) is 9.53 Å². The third kappa shape index (κ3) is 5.86. The van der Waals surface area contributed by atoms with Crippen LogP contribution in [0.15, 0.2) is 0 Å². The van der Waals surface area contributed by atoms with Crippen molar-refractivity contribution in [2.24, 2.45) is 5.92 Å². The van der Waals surface area contributed by atoms with Crippen molar-refractivity contribution in [1.82, 2.24) is 10.2 Å². The van der Waals surface area contributed by atoms with Crippen molar-refractivity contribution in [3.8, 4) is 0 Å². The minimum absolute atomic E-state index is 0.0724. The molecule has 6 heteroatoms. The van der Waals surface area contributed by atoms with Crippen LogP contribution in [0.2, 0.25) is 0 Å². The normalized spacial score (nSPS) is 20.7. The molecule has 0 aromatic carbocycles. The third-order valence-electron chi connectivity index (χ3n) is 2.66. The highest BCUT2D eigenvalue weighted by Crippen LogP contribution is 2.15. The molecule has 18 heavy (non-hydrogen) atoms. The van der Waals surface area contributed by atoms with Gasteiger partial charge in [0.15, 0.2) is 0 Å². The summed E-state index contributed by atoms with van der Waals surface area (Å²) in [7, 11) is 0. The van der Waals surface area contributed by atoms with E-state index in [1.807, 2.05) is 25.7 Å². The number of alkyl carbamates (subject to hydrolysis) is 1. The zero-order valence-electron chi connectivity index (χ0n) is 11.2. The van der Waals surface area contributed by atoms with E-state index in [0.29, 0.717) is 19.0 Å². The largest absolute Gasteiger partial charge is 0.480 e. The molecule has 1 aliphatic rings. The fraction of sp³-hybridized carbons (Fsp3) is 0.833. The van der Waals surface area contributed by atoms with Gasteiger partial charge in [0.25, 0.3) is 0 Å². The van der Waals surface area contributed by atoms with Crippen LogP contribution in [0.4, 0.5) is 4.79 Å². The van der Waals surface area contributed by atoms with E-state index in [2.05, 4.69) is 5.32 Å². The van der Waals surface area contributed by atoms with Gasteiger partial charge in [-0.05, 0) is 39.7 Å². The standard InChI is InChI=1S/C12H22N2O4/c1-12(2,3)18-11(17)13-6-9-4-5-14(7-9)8-10(15)16/h9H,4-8H2,1-3H3,(H,13,17)(H,15,16)/t9-/m0/s1. The molecule has 1 rings (SSSR count). The lowest BCUT2D eigenvalue weighted by Gasteiger charge is -2.20. The fourth-order valence-corrected chi connectivity index (χ4v) is 1.96. The van der Waals surface area contributed by atoms with Crippen molar-refractivity contribution in [2.75, 3.05) is 26.2 Å². The molecule has 1 amide bonds. The van der Waals surface area contributed by atoms with E-state index >= 15 is 0 Å². The van der Waals surface area contributed by atoms with E-state index in [4.69, 9.17) is 9.84 Å². The second kappa shape index (κ2) is 6.04. The van der Waals surface area contributed by atoms with E-state index in [0.717, 1.165) is 13.0 Å². The summed E-state index contributed by atoms with van der Waals surface area (Å²) in [5, 5.41) is 11.4. The Labute approximate surface area is 107 Å². The number of hydrogen-bond acceptors (Lipinski definition) is 4.